The maximum atomic E-state index is 6.05. The highest BCUT2D eigenvalue weighted by molar-refractivity contribution is 7.09. The van der Waals surface area contributed by atoms with Crippen LogP contribution in [0.25, 0.3) is 0 Å². The van der Waals surface area contributed by atoms with E-state index in [1.165, 1.54) is 21.8 Å². The van der Waals surface area contributed by atoms with Crippen LogP contribution in [0.3, 0.4) is 0 Å². The van der Waals surface area contributed by atoms with E-state index in [1.807, 2.05) is 11.6 Å². The van der Waals surface area contributed by atoms with Gasteiger partial charge in [0, 0.05) is 63.5 Å². The zero-order valence-corrected chi connectivity index (χ0v) is 13.4. The third-order valence-corrected chi connectivity index (χ3v) is 4.98. The molecule has 3 rings (SSSR count). The topological polar surface area (TPSA) is 45.4 Å². The Balaban J connectivity index is 1.76. The quantitative estimate of drug-likeness (QED) is 0.920. The van der Waals surface area contributed by atoms with Gasteiger partial charge in [0.05, 0.1) is 5.01 Å². The first kappa shape index (κ1) is 14.5. The number of nitrogens with zero attached hydrogens (tertiary/aromatic N) is 3. The van der Waals surface area contributed by atoms with Crippen molar-refractivity contribution in [2.24, 2.45) is 5.73 Å². The molecule has 5 heteroatoms. The first-order valence-electron chi connectivity index (χ1n) is 7.31. The number of benzene rings is 1. The van der Waals surface area contributed by atoms with E-state index in [0.717, 1.165) is 19.5 Å². The monoisotopic (exact) mass is 302 g/mol. The molecule has 21 heavy (non-hydrogen) atoms. The number of fused-ring (bicyclic) bond motifs is 1. The first-order valence-corrected chi connectivity index (χ1v) is 8.19. The Morgan fingerprint density at radius 2 is 2.29 bits per heavy atom. The highest BCUT2D eigenvalue weighted by Crippen LogP contribution is 2.35. The molecule has 0 saturated heterocycles. The average Bonchev–Trinajstić information content (AvgIpc) is 3.11. The Hall–Kier alpha value is -1.43. The lowest BCUT2D eigenvalue weighted by Crippen LogP contribution is -2.29. The highest BCUT2D eigenvalue weighted by atomic mass is 32.1. The molecule has 2 aromatic rings. The molecule has 1 aliphatic heterocycles. The number of nitrogens with two attached hydrogens (primary N) is 1. The maximum absolute atomic E-state index is 6.05. The lowest BCUT2D eigenvalue weighted by molar-refractivity contribution is 0.223. The van der Waals surface area contributed by atoms with Gasteiger partial charge in [-0.15, -0.1) is 11.3 Å². The van der Waals surface area contributed by atoms with Crippen LogP contribution in [0.1, 0.15) is 22.2 Å². The molecule has 0 amide bonds. The van der Waals surface area contributed by atoms with Gasteiger partial charge in [0.1, 0.15) is 0 Å². The summed E-state index contributed by atoms with van der Waals surface area (Å²) in [5, 5.41) is 3.24. The zero-order chi connectivity index (χ0) is 14.8. The van der Waals surface area contributed by atoms with E-state index < -0.39 is 0 Å². The summed E-state index contributed by atoms with van der Waals surface area (Å²) < 4.78 is 0. The molecule has 0 saturated carbocycles. The van der Waals surface area contributed by atoms with E-state index in [2.05, 4.69) is 47.1 Å². The second-order valence-electron chi connectivity index (χ2n) is 5.68. The molecule has 1 atom stereocenters. The van der Waals surface area contributed by atoms with E-state index in [4.69, 9.17) is 5.73 Å². The van der Waals surface area contributed by atoms with Crippen LogP contribution in [0.15, 0.2) is 29.8 Å². The van der Waals surface area contributed by atoms with E-state index in [-0.39, 0.29) is 0 Å². The van der Waals surface area contributed by atoms with Crippen molar-refractivity contribution in [1.82, 2.24) is 9.88 Å². The SMILES string of the molecule is CN(C)c1ccc2c(c1)C(CN)N(CCc1nccs1)C2. The van der Waals surface area contributed by atoms with Gasteiger partial charge in [-0.25, -0.2) is 4.98 Å². The van der Waals surface area contributed by atoms with Gasteiger partial charge >= 0.3 is 0 Å². The van der Waals surface area contributed by atoms with Gasteiger partial charge in [-0.3, -0.25) is 4.90 Å². The lowest BCUT2D eigenvalue weighted by Gasteiger charge is -2.23. The Morgan fingerprint density at radius 1 is 1.43 bits per heavy atom. The van der Waals surface area contributed by atoms with Gasteiger partial charge in [-0.05, 0) is 23.3 Å². The van der Waals surface area contributed by atoms with Crippen LogP contribution >= 0.6 is 11.3 Å². The van der Waals surface area contributed by atoms with Crippen LogP contribution < -0.4 is 10.6 Å². The molecule has 1 aromatic carbocycles. The largest absolute Gasteiger partial charge is 0.378 e. The minimum atomic E-state index is 0.333. The molecular formula is C16H22N4S. The Kier molecular flexibility index (Phi) is 4.24. The van der Waals surface area contributed by atoms with Crippen LogP contribution in [0, 0.1) is 0 Å². The van der Waals surface area contributed by atoms with Crippen LogP contribution in [0.5, 0.6) is 0 Å². The highest BCUT2D eigenvalue weighted by Gasteiger charge is 2.29. The number of hydrogen-bond acceptors (Lipinski definition) is 5. The molecule has 0 aliphatic carbocycles. The summed E-state index contributed by atoms with van der Waals surface area (Å²) in [5.41, 5.74) is 10.1. The first-order chi connectivity index (χ1) is 10.2. The Bertz CT molecular complexity index is 594. The lowest BCUT2D eigenvalue weighted by atomic mass is 10.0. The standard InChI is InChI=1S/C16H22N4S/c1-19(2)13-4-3-12-11-20(15(10-17)14(12)9-13)7-5-16-18-6-8-21-16/h3-4,6,8-9,15H,5,7,10-11,17H2,1-2H3. The third kappa shape index (κ3) is 2.95. The van der Waals surface area contributed by atoms with Crippen molar-refractivity contribution in [3.8, 4) is 0 Å². The fourth-order valence-electron chi connectivity index (χ4n) is 2.97. The molecule has 112 valence electrons. The van der Waals surface area contributed by atoms with Gasteiger partial charge < -0.3 is 10.6 Å². The van der Waals surface area contributed by atoms with Crippen molar-refractivity contribution in [2.45, 2.75) is 19.0 Å². The Labute approximate surface area is 130 Å². The number of thiazole rings is 1. The summed E-state index contributed by atoms with van der Waals surface area (Å²) in [4.78, 5) is 8.99. The smallest absolute Gasteiger partial charge is 0.0937 e. The number of anilines is 1. The second kappa shape index (κ2) is 6.13. The zero-order valence-electron chi connectivity index (χ0n) is 12.6. The van der Waals surface area contributed by atoms with Gasteiger partial charge in [0.25, 0.3) is 0 Å². The van der Waals surface area contributed by atoms with Crippen LogP contribution in [0.2, 0.25) is 0 Å². The molecule has 0 spiro atoms. The second-order valence-corrected chi connectivity index (χ2v) is 6.65. The molecule has 0 fully saturated rings. The van der Waals surface area contributed by atoms with Crippen molar-refractivity contribution in [2.75, 3.05) is 32.1 Å². The van der Waals surface area contributed by atoms with Gasteiger partial charge in [-0.1, -0.05) is 6.07 Å². The van der Waals surface area contributed by atoms with Crippen molar-refractivity contribution < 1.29 is 0 Å². The third-order valence-electron chi connectivity index (χ3n) is 4.14. The predicted molar refractivity (Wildman–Crippen MR) is 88.8 cm³/mol. The van der Waals surface area contributed by atoms with E-state index in [9.17, 15) is 0 Å². The molecule has 4 nitrogen and oxygen atoms in total. The fourth-order valence-corrected chi connectivity index (χ4v) is 3.58. The van der Waals surface area contributed by atoms with Crippen molar-refractivity contribution >= 4 is 17.0 Å². The summed E-state index contributed by atoms with van der Waals surface area (Å²) in [6.45, 7) is 2.68. The molecule has 1 aliphatic rings. The average molecular weight is 302 g/mol. The maximum Gasteiger partial charge on any atom is 0.0937 e. The van der Waals surface area contributed by atoms with E-state index >= 15 is 0 Å². The molecule has 2 heterocycles. The number of aromatic nitrogens is 1. The fraction of sp³-hybridized carbons (Fsp3) is 0.438. The normalized spacial score (nSPS) is 18.0. The number of rotatable bonds is 5. The van der Waals surface area contributed by atoms with Gasteiger partial charge in [0.2, 0.25) is 0 Å². The summed E-state index contributed by atoms with van der Waals surface area (Å²) >= 11 is 1.73. The van der Waals surface area contributed by atoms with Gasteiger partial charge in [0.15, 0.2) is 0 Å². The van der Waals surface area contributed by atoms with E-state index in [0.29, 0.717) is 12.6 Å². The van der Waals surface area contributed by atoms with Crippen molar-refractivity contribution in [1.29, 1.82) is 0 Å². The predicted octanol–water partition coefficient (Wildman–Crippen LogP) is 2.27. The van der Waals surface area contributed by atoms with Crippen LogP contribution in [-0.2, 0) is 13.0 Å². The minimum Gasteiger partial charge on any atom is -0.378 e. The molecule has 0 radical (unpaired) electrons. The minimum absolute atomic E-state index is 0.333. The molecule has 2 N–H and O–H groups in total. The van der Waals surface area contributed by atoms with Crippen molar-refractivity contribution in [3.63, 3.8) is 0 Å². The molecule has 1 aromatic heterocycles. The van der Waals surface area contributed by atoms with Gasteiger partial charge in [-0.2, -0.15) is 0 Å². The number of hydrogen-bond donors (Lipinski definition) is 1. The summed E-state index contributed by atoms with van der Waals surface area (Å²) in [7, 11) is 4.16. The van der Waals surface area contributed by atoms with Crippen LogP contribution in [-0.4, -0.2) is 37.1 Å². The van der Waals surface area contributed by atoms with Crippen molar-refractivity contribution in [3.05, 3.63) is 45.9 Å². The molecule has 1 unspecified atom stereocenters. The summed E-state index contributed by atoms with van der Waals surface area (Å²) in [5.74, 6) is 0. The molecule has 0 bridgehead atoms. The molecular weight excluding hydrogens is 280 g/mol. The summed E-state index contributed by atoms with van der Waals surface area (Å²) in [6.07, 6.45) is 2.88. The summed E-state index contributed by atoms with van der Waals surface area (Å²) in [6, 6.07) is 7.06. The van der Waals surface area contributed by atoms with Crippen LogP contribution in [0.4, 0.5) is 5.69 Å². The Morgan fingerprint density at radius 3 is 2.95 bits per heavy atom. The van der Waals surface area contributed by atoms with E-state index in [1.54, 1.807) is 11.3 Å².